The van der Waals surface area contributed by atoms with Crippen molar-refractivity contribution in [2.75, 3.05) is 69.2 Å². The summed E-state index contributed by atoms with van der Waals surface area (Å²) in [6.07, 6.45) is 6.91. The number of carbonyl (C=O) groups excluding carboxylic acids is 1. The standard InChI is InChI=1S/C47H53ClN8O7S/c1-47(2)17-16-32(39(26-47)31-6-8-33(48)9-7-31)28-53-18-20-54(21-19-53)35-12-14-38(44(24-35)63-43-5-3-4-41-45(43)51-30-50-41)46(57)52-64(60,61)37-13-15-40(42(25-37)56(58)59)49-27-36-29-55(22-23-62-36)34-10-11-34/h3-9,12-15,24-25,30,34,36,49H,10-11,16-23,26-29H2,1-2H3,(H,50,51)(H,52,57)/t36-/m0/s1. The number of nitro groups is 1. The monoisotopic (exact) mass is 908 g/mol. The fourth-order valence-corrected chi connectivity index (χ4v) is 10.2. The van der Waals surface area contributed by atoms with Crippen molar-refractivity contribution in [3.05, 3.63) is 117 Å². The van der Waals surface area contributed by atoms with Crippen LogP contribution < -0.4 is 19.7 Å². The number of fused-ring (bicyclic) bond motifs is 1. The predicted octanol–water partition coefficient (Wildman–Crippen LogP) is 8.10. The summed E-state index contributed by atoms with van der Waals surface area (Å²) >= 11 is 6.25. The molecule has 64 heavy (non-hydrogen) atoms. The van der Waals surface area contributed by atoms with Crippen LogP contribution in [0.4, 0.5) is 17.1 Å². The van der Waals surface area contributed by atoms with E-state index in [4.69, 9.17) is 21.1 Å². The molecule has 1 saturated carbocycles. The number of anilines is 2. The number of H-pyrrole nitrogens is 1. The Hall–Kier alpha value is -5.52. The van der Waals surface area contributed by atoms with Crippen LogP contribution in [0, 0.1) is 15.5 Å². The van der Waals surface area contributed by atoms with Gasteiger partial charge in [0.15, 0.2) is 5.75 Å². The minimum absolute atomic E-state index is 0.0408. The number of nitrogens with zero attached hydrogens (tertiary/aromatic N) is 5. The van der Waals surface area contributed by atoms with E-state index >= 15 is 0 Å². The quantitative estimate of drug-likeness (QED) is 0.0723. The molecular formula is C47H53ClN8O7S. The Morgan fingerprint density at radius 2 is 1.81 bits per heavy atom. The van der Waals surface area contributed by atoms with E-state index in [1.54, 1.807) is 36.7 Å². The van der Waals surface area contributed by atoms with E-state index in [9.17, 15) is 23.3 Å². The molecule has 4 aromatic carbocycles. The van der Waals surface area contributed by atoms with Crippen LogP contribution in [0.5, 0.6) is 11.5 Å². The second kappa shape index (κ2) is 18.2. The number of allylic oxidation sites excluding steroid dienone is 1. The summed E-state index contributed by atoms with van der Waals surface area (Å²) in [6.45, 7) is 11.1. The number of piperazine rings is 1. The molecular weight excluding hydrogens is 856 g/mol. The lowest BCUT2D eigenvalue weighted by molar-refractivity contribution is -0.384. The first-order valence-corrected chi connectivity index (χ1v) is 23.8. The van der Waals surface area contributed by atoms with Crippen molar-refractivity contribution in [3.8, 4) is 11.5 Å². The number of para-hydroxylation sites is 1. The molecule has 17 heteroatoms. The number of hydrogen-bond donors (Lipinski definition) is 3. The fourth-order valence-electron chi connectivity index (χ4n) is 9.09. The van der Waals surface area contributed by atoms with Crippen LogP contribution in [0.15, 0.2) is 95.7 Å². The second-order valence-electron chi connectivity index (χ2n) is 18.0. The summed E-state index contributed by atoms with van der Waals surface area (Å²) in [5, 5.41) is 16.0. The van der Waals surface area contributed by atoms with Crippen LogP contribution in [0.1, 0.15) is 61.9 Å². The second-order valence-corrected chi connectivity index (χ2v) is 20.1. The van der Waals surface area contributed by atoms with Crippen molar-refractivity contribution in [2.45, 2.75) is 63.0 Å². The number of sulfonamides is 1. The van der Waals surface area contributed by atoms with Crippen LogP contribution in [0.2, 0.25) is 5.02 Å². The molecule has 0 spiro atoms. The normalized spacial score (nSPS) is 19.7. The number of carbonyl (C=O) groups is 1. The first-order valence-electron chi connectivity index (χ1n) is 21.9. The molecule has 15 nitrogen and oxygen atoms in total. The molecule has 1 atom stereocenters. The highest BCUT2D eigenvalue weighted by Gasteiger charge is 2.34. The first-order chi connectivity index (χ1) is 30.8. The number of morpholine rings is 1. The largest absolute Gasteiger partial charge is 0.454 e. The molecule has 0 unspecified atom stereocenters. The van der Waals surface area contributed by atoms with Gasteiger partial charge >= 0.3 is 0 Å². The number of nitro benzene ring substituents is 1. The Labute approximate surface area is 378 Å². The third-order valence-corrected chi connectivity index (χ3v) is 14.4. The average Bonchev–Trinajstić information content (AvgIpc) is 4.02. The summed E-state index contributed by atoms with van der Waals surface area (Å²) < 4.78 is 42.0. The molecule has 2 saturated heterocycles. The van der Waals surface area contributed by atoms with E-state index in [1.807, 2.05) is 18.2 Å². The maximum atomic E-state index is 14.0. The average molecular weight is 910 g/mol. The molecule has 0 radical (unpaired) electrons. The Bertz CT molecular complexity index is 2690. The zero-order chi connectivity index (χ0) is 44.6. The SMILES string of the molecule is CC1(C)CCC(CN2CCN(c3ccc(C(=O)NS(=O)(=O)c4ccc(NC[C@H]5CN(C6CC6)CCO5)c([N+](=O)[O-])c4)c(Oc4cccc5[nH]cnc45)c3)CC2)=C(c2ccc(Cl)cc2)C1. The highest BCUT2D eigenvalue weighted by atomic mass is 35.5. The van der Waals surface area contributed by atoms with Crippen LogP contribution in [0.25, 0.3) is 16.6 Å². The number of ether oxygens (including phenoxy) is 2. The van der Waals surface area contributed by atoms with Gasteiger partial charge < -0.3 is 24.7 Å². The van der Waals surface area contributed by atoms with Gasteiger partial charge in [0.2, 0.25) is 0 Å². The highest BCUT2D eigenvalue weighted by molar-refractivity contribution is 7.90. The van der Waals surface area contributed by atoms with E-state index < -0.39 is 31.4 Å². The minimum Gasteiger partial charge on any atom is -0.454 e. The van der Waals surface area contributed by atoms with Gasteiger partial charge in [-0.15, -0.1) is 0 Å². The highest BCUT2D eigenvalue weighted by Crippen LogP contribution is 2.44. The third kappa shape index (κ3) is 9.91. The van der Waals surface area contributed by atoms with Crippen LogP contribution in [-0.4, -0.2) is 110 Å². The van der Waals surface area contributed by atoms with Crippen molar-refractivity contribution >= 4 is 61.2 Å². The van der Waals surface area contributed by atoms with E-state index in [1.165, 1.54) is 41.7 Å². The third-order valence-electron chi connectivity index (χ3n) is 12.8. The van der Waals surface area contributed by atoms with Crippen molar-refractivity contribution in [1.82, 2.24) is 24.5 Å². The van der Waals surface area contributed by atoms with Crippen molar-refractivity contribution in [3.63, 3.8) is 0 Å². The Kier molecular flexibility index (Phi) is 12.4. The number of rotatable bonds is 14. The van der Waals surface area contributed by atoms with Gasteiger partial charge in [-0.3, -0.25) is 24.7 Å². The van der Waals surface area contributed by atoms with Gasteiger partial charge in [-0.05, 0) is 97.2 Å². The number of hydrogen-bond acceptors (Lipinski definition) is 12. The zero-order valence-electron chi connectivity index (χ0n) is 36.0. The van der Waals surface area contributed by atoms with Crippen molar-refractivity contribution in [2.24, 2.45) is 5.41 Å². The summed E-state index contributed by atoms with van der Waals surface area (Å²) in [6, 6.07) is 22.7. The molecule has 1 amide bonds. The number of benzene rings is 4. The van der Waals surface area contributed by atoms with Gasteiger partial charge in [0.1, 0.15) is 17.0 Å². The summed E-state index contributed by atoms with van der Waals surface area (Å²) in [5.41, 5.74) is 6.07. The molecule has 3 N–H and O–H groups in total. The van der Waals surface area contributed by atoms with Gasteiger partial charge in [-0.25, -0.2) is 18.1 Å². The molecule has 4 aliphatic rings. The molecule has 3 fully saturated rings. The number of nitrogens with one attached hydrogen (secondary N) is 3. The number of amides is 1. The van der Waals surface area contributed by atoms with E-state index in [0.717, 1.165) is 80.8 Å². The van der Waals surface area contributed by atoms with Gasteiger partial charge in [-0.2, -0.15) is 0 Å². The molecule has 3 heterocycles. The molecule has 9 rings (SSSR count). The Morgan fingerprint density at radius 1 is 1.02 bits per heavy atom. The molecule has 336 valence electrons. The fraction of sp³-hybridized carbons (Fsp3) is 0.404. The summed E-state index contributed by atoms with van der Waals surface area (Å²) in [4.78, 5) is 39.7. The summed E-state index contributed by atoms with van der Waals surface area (Å²) in [7, 11) is -4.58. The van der Waals surface area contributed by atoms with Gasteiger partial charge in [0.05, 0.1) is 39.9 Å². The molecule has 5 aromatic rings. The smallest absolute Gasteiger partial charge is 0.293 e. The topological polar surface area (TPSA) is 175 Å². The number of imidazole rings is 1. The molecule has 1 aromatic heterocycles. The van der Waals surface area contributed by atoms with Gasteiger partial charge in [0.25, 0.3) is 21.6 Å². The number of aromatic nitrogens is 2. The Morgan fingerprint density at radius 3 is 2.58 bits per heavy atom. The maximum Gasteiger partial charge on any atom is 0.293 e. The molecule has 2 aliphatic heterocycles. The van der Waals surface area contributed by atoms with E-state index in [-0.39, 0.29) is 28.5 Å². The molecule has 0 bridgehead atoms. The lowest BCUT2D eigenvalue weighted by Crippen LogP contribution is -2.47. The minimum atomic E-state index is -4.58. The number of aromatic amines is 1. The van der Waals surface area contributed by atoms with E-state index in [0.29, 0.717) is 37.0 Å². The van der Waals surface area contributed by atoms with Crippen LogP contribution in [0.3, 0.4) is 0 Å². The Balaban J connectivity index is 0.920. The van der Waals surface area contributed by atoms with Crippen molar-refractivity contribution < 1.29 is 27.6 Å². The van der Waals surface area contributed by atoms with Crippen LogP contribution in [-0.2, 0) is 14.8 Å². The number of halogens is 1. The van der Waals surface area contributed by atoms with Gasteiger partial charge in [-0.1, -0.05) is 49.2 Å². The summed E-state index contributed by atoms with van der Waals surface area (Å²) in [5.74, 6) is -0.461. The van der Waals surface area contributed by atoms with Gasteiger partial charge in [0, 0.05) is 81.2 Å². The zero-order valence-corrected chi connectivity index (χ0v) is 37.6. The van der Waals surface area contributed by atoms with E-state index in [2.05, 4.69) is 60.7 Å². The lowest BCUT2D eigenvalue weighted by Gasteiger charge is -2.39. The van der Waals surface area contributed by atoms with Crippen LogP contribution >= 0.6 is 11.6 Å². The predicted molar refractivity (Wildman–Crippen MR) is 248 cm³/mol. The maximum absolute atomic E-state index is 14.0. The lowest BCUT2D eigenvalue weighted by atomic mass is 9.72. The van der Waals surface area contributed by atoms with Crippen molar-refractivity contribution in [1.29, 1.82) is 0 Å². The first kappa shape index (κ1) is 43.7. The molecule has 2 aliphatic carbocycles.